The van der Waals surface area contributed by atoms with Gasteiger partial charge in [-0.1, -0.05) is 108 Å². The molecular formula is C59H101NO4. The second kappa shape index (κ2) is 19.7. The second-order valence-electron chi connectivity index (χ2n) is 27.0. The van der Waals surface area contributed by atoms with Crippen LogP contribution in [-0.2, 0) is 19.1 Å². The van der Waals surface area contributed by atoms with E-state index in [-0.39, 0.29) is 41.4 Å². The summed E-state index contributed by atoms with van der Waals surface area (Å²) in [6, 6.07) is -0.786. The van der Waals surface area contributed by atoms with Gasteiger partial charge in [-0.15, -0.1) is 0 Å². The van der Waals surface area contributed by atoms with E-state index in [1.165, 1.54) is 128 Å². The van der Waals surface area contributed by atoms with Crippen molar-refractivity contribution >= 4 is 11.9 Å². The highest BCUT2D eigenvalue weighted by molar-refractivity contribution is 5.77. The van der Waals surface area contributed by atoms with E-state index in [2.05, 4.69) is 69.2 Å². The van der Waals surface area contributed by atoms with Crippen molar-refractivity contribution in [3.63, 3.8) is 0 Å². The number of ether oxygens (including phenoxy) is 2. The van der Waals surface area contributed by atoms with Gasteiger partial charge in [0, 0.05) is 17.3 Å². The van der Waals surface area contributed by atoms with Crippen molar-refractivity contribution in [2.45, 2.75) is 254 Å². The number of rotatable bonds is 16. The summed E-state index contributed by atoms with van der Waals surface area (Å²) < 4.78 is 13.3. The van der Waals surface area contributed by atoms with Crippen LogP contribution in [0.5, 0.6) is 0 Å². The van der Waals surface area contributed by atoms with E-state index in [1.54, 1.807) is 0 Å². The monoisotopic (exact) mass is 888 g/mol. The van der Waals surface area contributed by atoms with Crippen molar-refractivity contribution in [1.29, 1.82) is 0 Å². The summed E-state index contributed by atoms with van der Waals surface area (Å²) >= 11 is 0. The number of hydrogen-bond donors (Lipinski definition) is 1. The molecular weight excluding hydrogens is 787 g/mol. The summed E-state index contributed by atoms with van der Waals surface area (Å²) in [5.74, 6) is 10.2. The van der Waals surface area contributed by atoms with Gasteiger partial charge in [-0.2, -0.15) is 0 Å². The number of carbonyl (C=O) groups is 2. The molecule has 2 N–H and O–H groups in total. The number of hydrogen-bond acceptors (Lipinski definition) is 5. The molecule has 19 atom stereocenters. The van der Waals surface area contributed by atoms with Gasteiger partial charge in [0.15, 0.2) is 0 Å². The molecule has 8 rings (SSSR count). The third kappa shape index (κ3) is 8.99. The van der Waals surface area contributed by atoms with Crippen molar-refractivity contribution in [2.75, 3.05) is 0 Å². The average Bonchev–Trinajstić information content (AvgIpc) is 3.80. The summed E-state index contributed by atoms with van der Waals surface area (Å²) in [6.45, 7) is 25.1. The zero-order chi connectivity index (χ0) is 45.8. The van der Waals surface area contributed by atoms with E-state index >= 15 is 0 Å². The van der Waals surface area contributed by atoms with Crippen LogP contribution < -0.4 is 5.73 Å². The molecule has 8 saturated carbocycles. The summed E-state index contributed by atoms with van der Waals surface area (Å²) in [4.78, 5) is 27.9. The first kappa shape index (κ1) is 49.3. The predicted octanol–water partition coefficient (Wildman–Crippen LogP) is 15.2. The van der Waals surface area contributed by atoms with Gasteiger partial charge >= 0.3 is 11.9 Å². The maximum absolute atomic E-state index is 14.0. The molecule has 5 heteroatoms. The number of carbonyl (C=O) groups excluding carboxylic acids is 2. The molecule has 3 unspecified atom stereocenters. The van der Waals surface area contributed by atoms with Gasteiger partial charge in [-0.25, -0.2) is 0 Å². The summed E-state index contributed by atoms with van der Waals surface area (Å²) in [6.07, 6.45) is 31.6. The molecule has 0 amide bonds. The fraction of sp³-hybridized carbons (Fsp3) is 0.966. The minimum absolute atomic E-state index is 0.0181. The summed E-state index contributed by atoms with van der Waals surface area (Å²) in [7, 11) is 0. The average molecular weight is 888 g/mol. The van der Waals surface area contributed by atoms with Gasteiger partial charge in [-0.05, 0) is 216 Å². The molecule has 0 bridgehead atoms. The Hall–Kier alpha value is -1.10. The third-order valence-electron chi connectivity index (χ3n) is 23.3. The molecule has 8 aliphatic carbocycles. The lowest BCUT2D eigenvalue weighted by Gasteiger charge is -2.62. The SMILES string of the molecule is CC(C)CCC[C@H](C)[C@@H]1CC[C@H]2[C@@H]3CC[C@H]4CCCC(OC(=O)CCC(N)C(=O)OC5CCC[C@@H]6CC[C@H]7[C@@H]8CC[C@@H]([C@@H](C)CCCC(C)C)[C@@]8(C)CC[C@@H]7[C@@]56C)[C@]4(C)[C@H]3CC[C@@]21C. The first-order valence-electron chi connectivity index (χ1n) is 28.6. The van der Waals surface area contributed by atoms with Crippen LogP contribution in [0.4, 0.5) is 0 Å². The fourth-order valence-electron chi connectivity index (χ4n) is 19.8. The Morgan fingerprint density at radius 1 is 0.516 bits per heavy atom. The van der Waals surface area contributed by atoms with Crippen molar-refractivity contribution in [1.82, 2.24) is 0 Å². The first-order valence-corrected chi connectivity index (χ1v) is 28.6. The molecule has 0 radical (unpaired) electrons. The van der Waals surface area contributed by atoms with Gasteiger partial charge in [0.1, 0.15) is 18.2 Å². The molecule has 0 heterocycles. The van der Waals surface area contributed by atoms with Crippen LogP contribution in [0.2, 0.25) is 0 Å². The molecule has 8 aliphatic rings. The lowest BCUT2D eigenvalue weighted by atomic mass is 9.44. The van der Waals surface area contributed by atoms with Crippen LogP contribution in [0, 0.1) is 105 Å². The zero-order valence-corrected chi connectivity index (χ0v) is 43.4. The molecule has 366 valence electrons. The molecule has 0 saturated heterocycles. The van der Waals surface area contributed by atoms with Crippen molar-refractivity contribution in [3.8, 4) is 0 Å². The molecule has 0 aromatic carbocycles. The van der Waals surface area contributed by atoms with Crippen molar-refractivity contribution in [2.24, 2.45) is 110 Å². The zero-order valence-electron chi connectivity index (χ0n) is 43.4. The first-order chi connectivity index (χ1) is 30.4. The lowest BCUT2D eigenvalue weighted by Crippen LogP contribution is -2.59. The number of esters is 2. The van der Waals surface area contributed by atoms with Crippen LogP contribution in [0.1, 0.15) is 236 Å². The highest BCUT2D eigenvalue weighted by Gasteiger charge is 2.64. The molecule has 8 fully saturated rings. The topological polar surface area (TPSA) is 78.6 Å². The maximum Gasteiger partial charge on any atom is 0.323 e. The molecule has 0 aliphatic heterocycles. The van der Waals surface area contributed by atoms with Crippen LogP contribution in [0.3, 0.4) is 0 Å². The number of fused-ring (bicyclic) bond motifs is 10. The van der Waals surface area contributed by atoms with Gasteiger partial charge in [0.25, 0.3) is 0 Å². The van der Waals surface area contributed by atoms with Crippen LogP contribution in [0.25, 0.3) is 0 Å². The minimum atomic E-state index is -0.786. The maximum atomic E-state index is 14.0. The largest absolute Gasteiger partial charge is 0.462 e. The second-order valence-corrected chi connectivity index (χ2v) is 27.0. The lowest BCUT2D eigenvalue weighted by molar-refractivity contribution is -0.194. The van der Waals surface area contributed by atoms with Crippen LogP contribution in [0.15, 0.2) is 0 Å². The fourth-order valence-corrected chi connectivity index (χ4v) is 19.8. The molecule has 5 nitrogen and oxygen atoms in total. The highest BCUT2D eigenvalue weighted by atomic mass is 16.6. The molecule has 64 heavy (non-hydrogen) atoms. The Kier molecular flexibility index (Phi) is 15.2. The molecule has 0 aromatic rings. The summed E-state index contributed by atoms with van der Waals surface area (Å²) in [5.41, 5.74) is 7.70. The normalized spacial score (nSPS) is 45.3. The van der Waals surface area contributed by atoms with Gasteiger partial charge in [-0.3, -0.25) is 9.59 Å². The van der Waals surface area contributed by atoms with Gasteiger partial charge in [0.05, 0.1) is 0 Å². The van der Waals surface area contributed by atoms with E-state index in [4.69, 9.17) is 15.2 Å². The van der Waals surface area contributed by atoms with Gasteiger partial charge < -0.3 is 15.2 Å². The van der Waals surface area contributed by atoms with Crippen molar-refractivity contribution in [3.05, 3.63) is 0 Å². The molecule has 0 aromatic heterocycles. The quantitative estimate of drug-likeness (QED) is 0.156. The predicted molar refractivity (Wildman–Crippen MR) is 263 cm³/mol. The standard InChI is InChI=1S/C59H101NO4/c1-37(2)15-11-17-39(5)45-27-29-47-43-25-23-41-19-13-21-52(58(41,9)49(43)33-35-56(45,47)7)63-54(61)32-31-51(60)55(62)64-53-22-14-20-42-24-26-44-48-30-28-46(40(6)18-12-16-38(3)4)57(48,8)36-34-50(44)59(42,53)10/h37-53H,11-36,60H2,1-10H3/t39-,40-,41+,42+,43-,44-,45-,46-,47-,48-,49-,50-,51?,52?,53?,56+,57+,58-,59-/m0/s1. The summed E-state index contributed by atoms with van der Waals surface area (Å²) in [5, 5.41) is 0. The van der Waals surface area contributed by atoms with Gasteiger partial charge in [0.2, 0.25) is 0 Å². The van der Waals surface area contributed by atoms with E-state index in [1.807, 2.05) is 0 Å². The van der Waals surface area contributed by atoms with E-state index in [9.17, 15) is 9.59 Å². The van der Waals surface area contributed by atoms with Crippen molar-refractivity contribution < 1.29 is 19.1 Å². The Balaban J connectivity index is 0.861. The molecule has 0 spiro atoms. The minimum Gasteiger partial charge on any atom is -0.462 e. The Morgan fingerprint density at radius 3 is 1.42 bits per heavy atom. The third-order valence-corrected chi connectivity index (χ3v) is 23.3. The Bertz CT molecular complexity index is 1590. The smallest absolute Gasteiger partial charge is 0.323 e. The van der Waals surface area contributed by atoms with Crippen LogP contribution >= 0.6 is 0 Å². The van der Waals surface area contributed by atoms with E-state index in [0.29, 0.717) is 40.9 Å². The Morgan fingerprint density at radius 2 is 0.969 bits per heavy atom. The Labute approximate surface area is 394 Å². The van der Waals surface area contributed by atoms with E-state index in [0.717, 1.165) is 84.9 Å². The number of nitrogens with two attached hydrogens (primary N) is 1. The highest BCUT2D eigenvalue weighted by Crippen LogP contribution is 2.70. The van der Waals surface area contributed by atoms with Crippen LogP contribution in [-0.4, -0.2) is 30.2 Å². The van der Waals surface area contributed by atoms with E-state index < -0.39 is 6.04 Å².